The Morgan fingerprint density at radius 1 is 1.22 bits per heavy atom. The highest BCUT2D eigenvalue weighted by atomic mass is 16.6. The smallest absolute Gasteiger partial charge is 0.339 e. The van der Waals surface area contributed by atoms with E-state index in [1.54, 1.807) is 24.3 Å². The highest BCUT2D eigenvalue weighted by Gasteiger charge is 2.43. The fraction of sp³-hybridized carbons (Fsp3) is 0.500. The average molecular weight is 247 g/mol. The fourth-order valence-corrected chi connectivity index (χ4v) is 2.86. The topological polar surface area (TPSA) is 49.8 Å². The van der Waals surface area contributed by atoms with Crippen molar-refractivity contribution in [2.75, 3.05) is 13.1 Å². The van der Waals surface area contributed by atoms with E-state index < -0.39 is 12.3 Å². The lowest BCUT2D eigenvalue weighted by Gasteiger charge is -2.47. The van der Waals surface area contributed by atoms with Crippen LogP contribution in [0.3, 0.4) is 0 Å². The van der Waals surface area contributed by atoms with Crippen molar-refractivity contribution in [2.45, 2.75) is 25.2 Å². The van der Waals surface area contributed by atoms with Gasteiger partial charge < -0.3 is 9.84 Å². The summed E-state index contributed by atoms with van der Waals surface area (Å²) in [6.07, 6.45) is 0.992. The number of hydrogen-bond acceptors (Lipinski definition) is 4. The molecule has 3 aliphatic rings. The highest BCUT2D eigenvalue weighted by Crippen LogP contribution is 2.33. The normalized spacial score (nSPS) is 34.3. The summed E-state index contributed by atoms with van der Waals surface area (Å²) in [7, 11) is 0. The van der Waals surface area contributed by atoms with Crippen LogP contribution in [-0.4, -0.2) is 41.4 Å². The molecule has 3 saturated heterocycles. The molecule has 2 atom stereocenters. The average Bonchev–Trinajstić information content (AvgIpc) is 2.44. The lowest BCUT2D eigenvalue weighted by atomic mass is 9.84. The van der Waals surface area contributed by atoms with Crippen molar-refractivity contribution in [3.05, 3.63) is 35.9 Å². The monoisotopic (exact) mass is 247 g/mol. The number of hydrogen-bond donors (Lipinski definition) is 1. The van der Waals surface area contributed by atoms with Crippen molar-refractivity contribution in [3.8, 4) is 0 Å². The van der Waals surface area contributed by atoms with E-state index in [1.165, 1.54) is 0 Å². The van der Waals surface area contributed by atoms with E-state index in [-0.39, 0.29) is 11.9 Å². The van der Waals surface area contributed by atoms with Gasteiger partial charge in [0, 0.05) is 13.1 Å². The molecule has 2 unspecified atom stereocenters. The van der Waals surface area contributed by atoms with Crippen molar-refractivity contribution in [1.29, 1.82) is 0 Å². The van der Waals surface area contributed by atoms with E-state index in [9.17, 15) is 9.90 Å². The standard InChI is InChI=1S/C14H17NO3/c16-12-10-6-8-15(9-7-10)13(12)18-14(17)11-4-2-1-3-5-11/h1-5,10,12-13,16H,6-9H2. The Balaban J connectivity index is 1.71. The second kappa shape index (κ2) is 4.71. The minimum Gasteiger partial charge on any atom is -0.440 e. The number of esters is 1. The van der Waals surface area contributed by atoms with Gasteiger partial charge in [-0.15, -0.1) is 0 Å². The quantitative estimate of drug-likeness (QED) is 0.799. The number of piperidine rings is 3. The summed E-state index contributed by atoms with van der Waals surface area (Å²) >= 11 is 0. The molecule has 4 heteroatoms. The van der Waals surface area contributed by atoms with Crippen LogP contribution < -0.4 is 0 Å². The Bertz CT molecular complexity index is 424. The largest absolute Gasteiger partial charge is 0.440 e. The zero-order valence-electron chi connectivity index (χ0n) is 10.2. The van der Waals surface area contributed by atoms with Crippen molar-refractivity contribution < 1.29 is 14.6 Å². The molecule has 0 aromatic heterocycles. The molecule has 0 spiro atoms. The van der Waals surface area contributed by atoms with Gasteiger partial charge in [0.15, 0.2) is 6.23 Å². The number of nitrogens with zero attached hydrogens (tertiary/aromatic N) is 1. The molecule has 3 aliphatic heterocycles. The number of aliphatic hydroxyl groups is 1. The lowest BCUT2D eigenvalue weighted by molar-refractivity contribution is -0.166. The van der Waals surface area contributed by atoms with Crippen LogP contribution in [0.2, 0.25) is 0 Å². The minimum atomic E-state index is -0.542. The number of ether oxygens (including phenoxy) is 1. The van der Waals surface area contributed by atoms with Crippen LogP contribution in [0.1, 0.15) is 23.2 Å². The van der Waals surface area contributed by atoms with Crippen LogP contribution in [-0.2, 0) is 4.74 Å². The Hall–Kier alpha value is -1.39. The maximum atomic E-state index is 12.0. The maximum Gasteiger partial charge on any atom is 0.339 e. The first-order chi connectivity index (χ1) is 8.75. The number of rotatable bonds is 2. The molecule has 4 rings (SSSR count). The Morgan fingerprint density at radius 3 is 2.50 bits per heavy atom. The molecule has 3 heterocycles. The Kier molecular flexibility index (Phi) is 3.06. The van der Waals surface area contributed by atoms with Gasteiger partial charge in [-0.2, -0.15) is 0 Å². The summed E-state index contributed by atoms with van der Waals surface area (Å²) in [6, 6.07) is 8.93. The van der Waals surface area contributed by atoms with Gasteiger partial charge in [0.2, 0.25) is 0 Å². The van der Waals surface area contributed by atoms with E-state index in [2.05, 4.69) is 4.90 Å². The van der Waals surface area contributed by atoms with Crippen LogP contribution in [0.5, 0.6) is 0 Å². The molecule has 1 aromatic rings. The number of carbonyl (C=O) groups excluding carboxylic acids is 1. The van der Waals surface area contributed by atoms with Crippen LogP contribution in [0.4, 0.5) is 0 Å². The van der Waals surface area contributed by atoms with Crippen LogP contribution in [0.15, 0.2) is 30.3 Å². The van der Waals surface area contributed by atoms with Gasteiger partial charge in [0.05, 0.1) is 5.56 Å². The molecular weight excluding hydrogens is 230 g/mol. The van der Waals surface area contributed by atoms with E-state index in [1.807, 2.05) is 6.07 Å². The van der Waals surface area contributed by atoms with Crippen molar-refractivity contribution in [1.82, 2.24) is 4.90 Å². The van der Waals surface area contributed by atoms with Crippen molar-refractivity contribution in [3.63, 3.8) is 0 Å². The summed E-state index contributed by atoms with van der Waals surface area (Å²) in [6.45, 7) is 1.82. The van der Waals surface area contributed by atoms with Crippen molar-refractivity contribution in [2.24, 2.45) is 5.92 Å². The van der Waals surface area contributed by atoms with E-state index >= 15 is 0 Å². The zero-order valence-corrected chi connectivity index (χ0v) is 10.2. The van der Waals surface area contributed by atoms with Crippen LogP contribution in [0, 0.1) is 5.92 Å². The third-order valence-corrected chi connectivity index (χ3v) is 3.95. The second-order valence-electron chi connectivity index (χ2n) is 5.03. The Labute approximate surface area is 106 Å². The number of benzene rings is 1. The third-order valence-electron chi connectivity index (χ3n) is 3.95. The van der Waals surface area contributed by atoms with Gasteiger partial charge in [0.25, 0.3) is 0 Å². The van der Waals surface area contributed by atoms with Gasteiger partial charge >= 0.3 is 5.97 Å². The van der Waals surface area contributed by atoms with E-state index in [4.69, 9.17) is 4.74 Å². The van der Waals surface area contributed by atoms with E-state index in [0.717, 1.165) is 25.9 Å². The van der Waals surface area contributed by atoms with Gasteiger partial charge in [-0.1, -0.05) is 18.2 Å². The lowest BCUT2D eigenvalue weighted by Crippen LogP contribution is -2.59. The summed E-state index contributed by atoms with van der Waals surface area (Å²) in [5.74, 6) is -0.0734. The molecule has 1 aromatic carbocycles. The van der Waals surface area contributed by atoms with Crippen LogP contribution in [0.25, 0.3) is 0 Å². The maximum absolute atomic E-state index is 12.0. The fourth-order valence-electron chi connectivity index (χ4n) is 2.86. The molecule has 3 fully saturated rings. The molecule has 4 nitrogen and oxygen atoms in total. The molecule has 0 radical (unpaired) electrons. The summed E-state index contributed by atoms with van der Waals surface area (Å²) in [4.78, 5) is 14.0. The van der Waals surface area contributed by atoms with Gasteiger partial charge in [-0.05, 0) is 30.9 Å². The highest BCUT2D eigenvalue weighted by molar-refractivity contribution is 5.89. The SMILES string of the molecule is O=C(OC1C(O)C2CCN1CC2)c1ccccc1. The van der Waals surface area contributed by atoms with Crippen LogP contribution >= 0.6 is 0 Å². The summed E-state index contributed by atoms with van der Waals surface area (Å²) in [5, 5.41) is 10.1. The summed E-state index contributed by atoms with van der Waals surface area (Å²) in [5.41, 5.74) is 0.535. The first-order valence-corrected chi connectivity index (χ1v) is 6.44. The molecule has 2 bridgehead atoms. The number of fused-ring (bicyclic) bond motifs is 3. The zero-order chi connectivity index (χ0) is 12.5. The molecular formula is C14H17NO3. The second-order valence-corrected chi connectivity index (χ2v) is 5.03. The van der Waals surface area contributed by atoms with E-state index in [0.29, 0.717) is 5.56 Å². The third kappa shape index (κ3) is 2.02. The Morgan fingerprint density at radius 2 is 1.89 bits per heavy atom. The molecule has 1 N–H and O–H groups in total. The van der Waals surface area contributed by atoms with Gasteiger partial charge in [-0.3, -0.25) is 4.90 Å². The molecule has 0 aliphatic carbocycles. The van der Waals surface area contributed by atoms with Gasteiger partial charge in [-0.25, -0.2) is 4.79 Å². The number of aliphatic hydroxyl groups excluding tert-OH is 1. The molecule has 0 saturated carbocycles. The first-order valence-electron chi connectivity index (χ1n) is 6.44. The van der Waals surface area contributed by atoms with Crippen molar-refractivity contribution >= 4 is 5.97 Å². The molecule has 0 amide bonds. The summed E-state index contributed by atoms with van der Waals surface area (Å²) < 4.78 is 5.46. The number of carbonyl (C=O) groups is 1. The molecule has 18 heavy (non-hydrogen) atoms. The predicted molar refractivity (Wildman–Crippen MR) is 65.9 cm³/mol. The predicted octanol–water partition coefficient (Wildman–Crippen LogP) is 1.26. The van der Waals surface area contributed by atoms with Gasteiger partial charge in [0.1, 0.15) is 6.10 Å². The minimum absolute atomic E-state index is 0.281. The first kappa shape index (κ1) is 11.7. The molecule has 96 valence electrons.